The molecule has 0 aliphatic heterocycles. The summed E-state index contributed by atoms with van der Waals surface area (Å²) in [6.45, 7) is 17.1. The molecule has 0 spiro atoms. The summed E-state index contributed by atoms with van der Waals surface area (Å²) in [6, 6.07) is 0. The molecule has 4 saturated carbocycles. The fraction of sp³-hybridized carbons (Fsp3) is 0.765. The summed E-state index contributed by atoms with van der Waals surface area (Å²) in [5.41, 5.74) is -1.18. The third-order valence-corrected chi connectivity index (χ3v) is 14.0. The second-order valence-corrected chi connectivity index (χ2v) is 16.6. The van der Waals surface area contributed by atoms with Crippen LogP contribution in [0.2, 0.25) is 0 Å². The third-order valence-electron chi connectivity index (χ3n) is 13.2. The Morgan fingerprint density at radius 2 is 1.57 bits per heavy atom. The largest absolute Gasteiger partial charge is 0.469 e. The lowest BCUT2D eigenvalue weighted by Crippen LogP contribution is -2.67. The van der Waals surface area contributed by atoms with Crippen LogP contribution >= 0.6 is 11.8 Å². The summed E-state index contributed by atoms with van der Waals surface area (Å²) in [6.07, 6.45) is 9.53. The van der Waals surface area contributed by atoms with Gasteiger partial charge in [0, 0.05) is 22.3 Å². The van der Waals surface area contributed by atoms with Crippen LogP contribution in [-0.2, 0) is 23.9 Å². The lowest BCUT2D eigenvalue weighted by atomic mass is 9.33. The standard InChI is InChI=1S/C34H48O5S/c1-19(40-10)24-26(36)27(37)30(4,5)22-11-12-31(6)23(33(22,24)8)17-21(35)25-20-18-29(2,3)13-15-34(20,28(38)39-9)16-14-32(25,31)7/h17,20,22,25H,11-16,18H2,1-10H3/b24-19-/t20-,22-,25-,31+,32+,33-,34-/m0/s1. The van der Waals surface area contributed by atoms with Crippen LogP contribution in [0.15, 0.2) is 22.1 Å². The third kappa shape index (κ3) is 3.46. The number of Topliss-reactive ketones (excluding diaryl/α,β-unsaturated/α-hetero) is 2. The van der Waals surface area contributed by atoms with E-state index < -0.39 is 16.2 Å². The second-order valence-electron chi connectivity index (χ2n) is 15.6. The molecule has 0 amide bonds. The highest BCUT2D eigenvalue weighted by Crippen LogP contribution is 2.75. The van der Waals surface area contributed by atoms with Crippen molar-refractivity contribution in [1.82, 2.24) is 0 Å². The van der Waals surface area contributed by atoms with Gasteiger partial charge in [0.15, 0.2) is 5.78 Å². The average molecular weight is 569 g/mol. The molecule has 0 saturated heterocycles. The molecular weight excluding hydrogens is 520 g/mol. The number of rotatable bonds is 2. The van der Waals surface area contributed by atoms with Gasteiger partial charge >= 0.3 is 5.97 Å². The molecule has 5 aliphatic rings. The van der Waals surface area contributed by atoms with Gasteiger partial charge in [0.25, 0.3) is 0 Å². The maximum Gasteiger partial charge on any atom is 0.312 e. The fourth-order valence-electron chi connectivity index (χ4n) is 10.7. The maximum absolute atomic E-state index is 14.6. The molecule has 0 aromatic rings. The van der Waals surface area contributed by atoms with Gasteiger partial charge in [-0.15, -0.1) is 11.8 Å². The molecule has 0 heterocycles. The lowest BCUT2D eigenvalue weighted by molar-refractivity contribution is -0.191. The van der Waals surface area contributed by atoms with Gasteiger partial charge in [-0.25, -0.2) is 0 Å². The molecule has 40 heavy (non-hydrogen) atoms. The van der Waals surface area contributed by atoms with E-state index in [0.29, 0.717) is 5.57 Å². The predicted molar refractivity (Wildman–Crippen MR) is 158 cm³/mol. The number of ether oxygens (including phenoxy) is 1. The summed E-state index contributed by atoms with van der Waals surface area (Å²) >= 11 is 1.52. The van der Waals surface area contributed by atoms with Gasteiger partial charge in [-0.1, -0.05) is 48.5 Å². The molecule has 6 heteroatoms. The average Bonchev–Trinajstić information content (AvgIpc) is 2.88. The van der Waals surface area contributed by atoms with E-state index in [4.69, 9.17) is 4.74 Å². The summed E-state index contributed by atoms with van der Waals surface area (Å²) in [5.74, 6) is -1.18. The number of hydrogen-bond acceptors (Lipinski definition) is 6. The minimum Gasteiger partial charge on any atom is -0.469 e. The molecule has 0 aromatic heterocycles. The van der Waals surface area contributed by atoms with Crippen LogP contribution in [0, 0.1) is 50.2 Å². The first kappa shape index (κ1) is 29.8. The van der Waals surface area contributed by atoms with E-state index in [0.717, 1.165) is 55.4 Å². The van der Waals surface area contributed by atoms with Gasteiger partial charge in [0.1, 0.15) is 0 Å². The van der Waals surface area contributed by atoms with Crippen molar-refractivity contribution in [1.29, 1.82) is 0 Å². The predicted octanol–water partition coefficient (Wildman–Crippen LogP) is 7.14. The van der Waals surface area contributed by atoms with E-state index in [-0.39, 0.29) is 57.3 Å². The topological polar surface area (TPSA) is 77.5 Å². The molecule has 0 aromatic carbocycles. The number of ketones is 3. The molecule has 5 rings (SSSR count). The molecule has 0 N–H and O–H groups in total. The molecule has 5 nitrogen and oxygen atoms in total. The van der Waals surface area contributed by atoms with Gasteiger partial charge < -0.3 is 4.74 Å². The zero-order valence-corrected chi connectivity index (χ0v) is 27.0. The Hall–Kier alpha value is -1.69. The van der Waals surface area contributed by atoms with Crippen molar-refractivity contribution < 1.29 is 23.9 Å². The number of esters is 1. The van der Waals surface area contributed by atoms with Crippen LogP contribution in [0.3, 0.4) is 0 Å². The Bertz CT molecular complexity index is 1270. The Morgan fingerprint density at radius 1 is 0.950 bits per heavy atom. The van der Waals surface area contributed by atoms with Crippen LogP contribution in [-0.4, -0.2) is 36.7 Å². The second kappa shape index (κ2) is 8.91. The van der Waals surface area contributed by atoms with E-state index in [1.807, 2.05) is 33.1 Å². The summed E-state index contributed by atoms with van der Waals surface area (Å²) in [4.78, 5) is 56.3. The normalized spacial score (nSPS) is 44.9. The molecule has 0 radical (unpaired) electrons. The number of allylic oxidation sites excluding steroid dienone is 4. The van der Waals surface area contributed by atoms with E-state index >= 15 is 0 Å². The summed E-state index contributed by atoms with van der Waals surface area (Å²) in [5, 5.41) is 0. The summed E-state index contributed by atoms with van der Waals surface area (Å²) < 4.78 is 5.44. The minimum atomic E-state index is -0.809. The first-order chi connectivity index (χ1) is 18.4. The van der Waals surface area contributed by atoms with Crippen LogP contribution in [0.4, 0.5) is 0 Å². The van der Waals surface area contributed by atoms with Crippen molar-refractivity contribution in [3.8, 4) is 0 Å². The Labute approximate surface area is 244 Å². The molecule has 0 bridgehead atoms. The highest BCUT2D eigenvalue weighted by atomic mass is 32.2. The van der Waals surface area contributed by atoms with Crippen molar-refractivity contribution >= 4 is 35.1 Å². The quantitative estimate of drug-likeness (QED) is 0.200. The van der Waals surface area contributed by atoms with Gasteiger partial charge in [-0.2, -0.15) is 0 Å². The Morgan fingerprint density at radius 3 is 2.17 bits per heavy atom. The zero-order chi connectivity index (χ0) is 29.8. The van der Waals surface area contributed by atoms with Gasteiger partial charge in [0.05, 0.1) is 12.5 Å². The smallest absolute Gasteiger partial charge is 0.312 e. The van der Waals surface area contributed by atoms with Crippen molar-refractivity contribution in [2.24, 2.45) is 50.2 Å². The Balaban J connectivity index is 1.75. The van der Waals surface area contributed by atoms with E-state index in [2.05, 4.69) is 34.6 Å². The number of carbonyl (C=O) groups is 4. The number of thioether (sulfide) groups is 1. The van der Waals surface area contributed by atoms with Crippen LogP contribution in [0.25, 0.3) is 0 Å². The molecule has 0 unspecified atom stereocenters. The molecule has 4 fully saturated rings. The maximum atomic E-state index is 14.6. The fourth-order valence-corrected chi connectivity index (χ4v) is 11.2. The highest BCUT2D eigenvalue weighted by molar-refractivity contribution is 8.02. The molecule has 5 aliphatic carbocycles. The van der Waals surface area contributed by atoms with E-state index in [9.17, 15) is 19.2 Å². The van der Waals surface area contributed by atoms with Crippen molar-refractivity contribution in [2.45, 2.75) is 100 Å². The SMILES string of the molecule is COC(=O)[C@]12CCC(C)(C)C[C@H]1[C@H]1C(=O)C=C3[C@@]4(C)/C(=C(/C)SC)C(=O)C(=O)C(C)(C)[C@@H]4CC[C@@]3(C)[C@]1(C)CC2. The van der Waals surface area contributed by atoms with Crippen LogP contribution in [0.5, 0.6) is 0 Å². The number of fused-ring (bicyclic) bond motifs is 7. The molecular formula is C34H48O5S. The van der Waals surface area contributed by atoms with Crippen molar-refractivity contribution in [3.63, 3.8) is 0 Å². The van der Waals surface area contributed by atoms with E-state index in [1.165, 1.54) is 18.9 Å². The van der Waals surface area contributed by atoms with Gasteiger partial charge in [-0.05, 0) is 103 Å². The van der Waals surface area contributed by atoms with Crippen LogP contribution in [0.1, 0.15) is 100 Å². The highest BCUT2D eigenvalue weighted by Gasteiger charge is 2.72. The number of carbonyl (C=O) groups excluding carboxylic acids is 4. The Kier molecular flexibility index (Phi) is 6.63. The number of methoxy groups -OCH3 is 1. The van der Waals surface area contributed by atoms with Crippen LogP contribution < -0.4 is 0 Å². The molecule has 220 valence electrons. The van der Waals surface area contributed by atoms with E-state index in [1.54, 1.807) is 0 Å². The zero-order valence-electron chi connectivity index (χ0n) is 26.2. The first-order valence-corrected chi connectivity index (χ1v) is 16.3. The summed E-state index contributed by atoms with van der Waals surface area (Å²) in [7, 11) is 1.48. The van der Waals surface area contributed by atoms with Crippen molar-refractivity contribution in [2.75, 3.05) is 13.4 Å². The number of hydrogen-bond donors (Lipinski definition) is 0. The monoisotopic (exact) mass is 568 g/mol. The lowest BCUT2D eigenvalue weighted by Gasteiger charge is -2.69. The molecule has 7 atom stereocenters. The first-order valence-electron chi connectivity index (χ1n) is 15.1. The van der Waals surface area contributed by atoms with Gasteiger partial charge in [-0.3, -0.25) is 19.2 Å². The van der Waals surface area contributed by atoms with Gasteiger partial charge in [0.2, 0.25) is 11.6 Å². The minimum absolute atomic E-state index is 0.0425. The van der Waals surface area contributed by atoms with Crippen molar-refractivity contribution in [3.05, 3.63) is 22.1 Å².